The predicted molar refractivity (Wildman–Crippen MR) is 377 cm³/mol. The number of allylic oxidation sites excluding steroid dienone is 16. The van der Waals surface area contributed by atoms with E-state index in [2.05, 4.69) is 48.6 Å². The van der Waals surface area contributed by atoms with Gasteiger partial charge in [-0.1, -0.05) is 194 Å². The fourth-order valence-corrected chi connectivity index (χ4v) is 21.2. The van der Waals surface area contributed by atoms with Crippen LogP contribution in [-0.2, 0) is 103 Å². The quantitative estimate of drug-likeness (QED) is 0.0497. The molecule has 0 radical (unpaired) electrons. The zero-order valence-electron chi connectivity index (χ0n) is 53.1. The van der Waals surface area contributed by atoms with Crippen LogP contribution in [0, 0.1) is 0 Å². The Balaban J connectivity index is 0.00000160. The van der Waals surface area contributed by atoms with Crippen molar-refractivity contribution in [1.82, 2.24) is 0 Å². The van der Waals surface area contributed by atoms with E-state index in [0.29, 0.717) is 19.6 Å². The van der Waals surface area contributed by atoms with Crippen LogP contribution in [0.3, 0.4) is 0 Å². The molecule has 0 unspecified atom stereocenters. The van der Waals surface area contributed by atoms with Gasteiger partial charge in [0.1, 0.15) is 0 Å². The molecule has 436 valence electrons. The van der Waals surface area contributed by atoms with Crippen LogP contribution in [-0.4, -0.2) is 0 Å². The Morgan fingerprint density at radius 2 is 0.365 bits per heavy atom. The van der Waals surface area contributed by atoms with Gasteiger partial charge in [-0.05, 0) is 224 Å². The average molecular weight is 1400 g/mol. The molecular weight excluding hydrogens is 1320 g/mol. The molecule has 0 heterocycles. The molecule has 0 amide bonds. The van der Waals surface area contributed by atoms with Crippen molar-refractivity contribution in [3.8, 4) is 0 Å². The van der Waals surface area contributed by atoms with Gasteiger partial charge < -0.3 is 55.5 Å². The summed E-state index contributed by atoms with van der Waals surface area (Å²) in [5.74, 6) is 0. The summed E-state index contributed by atoms with van der Waals surface area (Å²) in [6.45, 7) is 31.5. The predicted octanol–water partition coefficient (Wildman–Crippen LogP) is 19.9. The van der Waals surface area contributed by atoms with Crippen molar-refractivity contribution in [1.29, 1.82) is 0 Å². The van der Waals surface area contributed by atoms with Gasteiger partial charge in [0, 0.05) is 19.6 Å². The number of hydrogen-bond acceptors (Lipinski definition) is 6. The third kappa shape index (κ3) is 21.4. The van der Waals surface area contributed by atoms with Crippen LogP contribution in [0.25, 0.3) is 97.2 Å². The maximum Gasteiger partial charge on any atom is 2.00 e. The fraction of sp³-hybridized carbons (Fsp3) is 0.222. The van der Waals surface area contributed by atoms with E-state index in [0.717, 1.165) is 89.0 Å². The fourth-order valence-electron chi connectivity index (χ4n) is 9.70. The van der Waals surface area contributed by atoms with Gasteiger partial charge in [0.05, 0.1) is 0 Å². The minimum atomic E-state index is -4.38. The summed E-state index contributed by atoms with van der Waals surface area (Å²) < 4.78 is 0. The molecule has 0 bridgehead atoms. The van der Waals surface area contributed by atoms with Crippen molar-refractivity contribution in [2.24, 2.45) is 0 Å². The molecule has 0 saturated carbocycles. The molecule has 0 aliphatic heterocycles. The van der Waals surface area contributed by atoms with Gasteiger partial charge in [0.2, 0.25) is 0 Å². The van der Waals surface area contributed by atoms with Crippen LogP contribution in [0.4, 0.5) is 0 Å². The first-order chi connectivity index (χ1) is 39.4. The molecule has 0 atom stereocenters. The monoisotopic (exact) mass is 1390 g/mol. The number of rotatable bonds is 20. The minimum Gasteiger partial charge on any atom is -0.853 e. The summed E-state index contributed by atoms with van der Waals surface area (Å²) in [7, 11) is -2.89. The van der Waals surface area contributed by atoms with E-state index < -0.39 is 31.5 Å². The zero-order chi connectivity index (χ0) is 61.2. The second-order valence-electron chi connectivity index (χ2n) is 18.3. The Kier molecular flexibility index (Phi) is 40.2. The van der Waals surface area contributed by atoms with E-state index in [1.54, 1.807) is 0 Å². The molecule has 4 aromatic rings. The molecular formula is C72H84O4P2S4Zn3. The van der Waals surface area contributed by atoms with Crippen molar-refractivity contribution >= 4 is 153 Å². The van der Waals surface area contributed by atoms with Gasteiger partial charge in [-0.15, -0.1) is 0 Å². The van der Waals surface area contributed by atoms with Crippen LogP contribution < -0.4 is 19.6 Å². The molecule has 85 heavy (non-hydrogen) atoms. The number of benzene rings is 4. The topological polar surface area (TPSA) is 92.2 Å². The van der Waals surface area contributed by atoms with Crippen LogP contribution >= 0.6 is 11.4 Å². The van der Waals surface area contributed by atoms with Crippen molar-refractivity contribution < 1.29 is 78.0 Å². The summed E-state index contributed by atoms with van der Waals surface area (Å²) in [6, 6.07) is 8.06. The molecule has 4 aromatic carbocycles. The van der Waals surface area contributed by atoms with Crippen molar-refractivity contribution in [2.75, 3.05) is 0 Å². The molecule has 4 nitrogen and oxygen atoms in total. The Labute approximate surface area is 566 Å². The van der Waals surface area contributed by atoms with E-state index >= 15 is 0 Å². The van der Waals surface area contributed by atoms with E-state index in [1.165, 1.54) is 0 Å². The normalized spacial score (nSPS) is 13.8. The van der Waals surface area contributed by atoms with Gasteiger partial charge in [-0.3, -0.25) is 0 Å². The summed E-state index contributed by atoms with van der Waals surface area (Å²) in [6.07, 6.45) is 64.5. The van der Waals surface area contributed by atoms with Gasteiger partial charge in [-0.2, -0.15) is 20.1 Å². The first-order valence-electron chi connectivity index (χ1n) is 27.8. The molecule has 0 saturated heterocycles. The smallest absolute Gasteiger partial charge is 0.853 e. The van der Waals surface area contributed by atoms with E-state index in [1.807, 2.05) is 281 Å². The minimum absolute atomic E-state index is 0. The average Bonchev–Trinajstić information content (AvgIpc) is 1.62. The molecule has 0 aliphatic rings. The molecule has 0 N–H and O–H groups in total. The van der Waals surface area contributed by atoms with Gasteiger partial charge in [0.15, 0.2) is 0 Å². The van der Waals surface area contributed by atoms with E-state index in [9.17, 15) is 19.6 Å². The number of hydrogen-bond donors (Lipinski definition) is 0. The van der Waals surface area contributed by atoms with Crippen LogP contribution in [0.2, 0.25) is 0 Å². The molecule has 0 fully saturated rings. The Bertz CT molecular complexity index is 3100. The summed E-state index contributed by atoms with van der Waals surface area (Å²) >= 11 is 10.8. The molecule has 13 heteroatoms. The van der Waals surface area contributed by atoms with Gasteiger partial charge in [-0.25, -0.2) is 0 Å². The molecule has 0 spiro atoms. The zero-order valence-corrected chi connectivity index (χ0v) is 67.0. The second-order valence-corrected chi connectivity index (χ2v) is 32.3. The Hall–Kier alpha value is -3.31. The molecule has 4 rings (SSSR count). The van der Waals surface area contributed by atoms with Gasteiger partial charge in [0.25, 0.3) is 0 Å². The van der Waals surface area contributed by atoms with Crippen LogP contribution in [0.15, 0.2) is 141 Å². The summed E-state index contributed by atoms with van der Waals surface area (Å²) in [4.78, 5) is 58.2. The Morgan fingerprint density at radius 1 is 0.235 bits per heavy atom. The third-order valence-electron chi connectivity index (χ3n) is 12.4. The van der Waals surface area contributed by atoms with Crippen LogP contribution in [0.1, 0.15) is 200 Å². The first kappa shape index (κ1) is 81.7. The summed E-state index contributed by atoms with van der Waals surface area (Å²) in [5.41, 5.74) is 6.51. The SMILES string of the molecule is CC=Cc1cc(S(c2cc(C=CC)c(C=CC)c(C=CC)c2C=CC)=P([O-])([O-])[S-])c(C=CC)c(C=CC)c1C=CC.CC=Cc1cc(S(c2cc(C=CC)c(C=CC)c(C=CC)c2C=CC)=P([O-])([O-])[S-])c(C=CC)c(C=CC)c1C=CC.[Zn+2].[Zn+2].[Zn+2]. The Morgan fingerprint density at radius 3 is 0.494 bits per heavy atom. The van der Waals surface area contributed by atoms with Crippen molar-refractivity contribution in [3.63, 3.8) is 0 Å². The van der Waals surface area contributed by atoms with Crippen LogP contribution in [0.5, 0.6) is 0 Å². The van der Waals surface area contributed by atoms with E-state index in [4.69, 9.17) is 24.5 Å². The maximum absolute atomic E-state index is 13.8. The van der Waals surface area contributed by atoms with Gasteiger partial charge >= 0.3 is 58.4 Å². The standard InChI is InChI=1S/2C36H42O2PS2.3Zn/c2*1-9-17-27-25-35(33(23-15-7)31(21-13-5)29(27)19-11-3)41(39(37,38)40)36-26-28(18-10-2)30(20-12-4)32(22-14-6)34(36)24-16-8;;;/h2*9-26H,1-8H3;;;/q2*-3;3*+2. The van der Waals surface area contributed by atoms with Crippen molar-refractivity contribution in [2.45, 2.75) is 130 Å². The molecule has 0 aliphatic carbocycles. The largest absolute Gasteiger partial charge is 2.00 e. The van der Waals surface area contributed by atoms with E-state index in [-0.39, 0.29) is 58.4 Å². The third-order valence-corrected chi connectivity index (χ3v) is 24.1. The summed E-state index contributed by atoms with van der Waals surface area (Å²) in [5, 5.41) is 0. The molecule has 0 aromatic heterocycles. The maximum atomic E-state index is 13.8. The van der Waals surface area contributed by atoms with Crippen molar-refractivity contribution in [3.05, 3.63) is 210 Å². The first-order valence-corrected chi connectivity index (χ1v) is 36.7. The second kappa shape index (κ2) is 41.8.